The number of aliphatic hydroxyl groups is 1. The van der Waals surface area contributed by atoms with Crippen LogP contribution in [0.15, 0.2) is 36.0 Å². The van der Waals surface area contributed by atoms with Gasteiger partial charge in [0.2, 0.25) is 5.12 Å². The van der Waals surface area contributed by atoms with E-state index >= 15 is 0 Å². The number of hydrogen-bond acceptors (Lipinski definition) is 8. The van der Waals surface area contributed by atoms with E-state index in [2.05, 4.69) is 24.2 Å². The summed E-state index contributed by atoms with van der Waals surface area (Å²) in [5.41, 5.74) is 1.68. The quantitative estimate of drug-likeness (QED) is 0.411. The molecule has 2 heterocycles. The molecule has 0 amide bonds. The van der Waals surface area contributed by atoms with E-state index in [1.54, 1.807) is 12.1 Å². The molecule has 0 bridgehead atoms. The minimum absolute atomic E-state index is 0.0203. The highest BCUT2D eigenvalue weighted by molar-refractivity contribution is 8.14. The maximum atomic E-state index is 14.0. The number of ether oxygens (including phenoxy) is 2. The maximum Gasteiger partial charge on any atom is 0.336 e. The van der Waals surface area contributed by atoms with Crippen molar-refractivity contribution in [1.29, 1.82) is 5.26 Å². The number of carbonyl (C=O) groups excluding carboxylic acids is 2. The third-order valence-electron chi connectivity index (χ3n) is 11.9. The molecule has 4 fully saturated rings. The van der Waals surface area contributed by atoms with Crippen molar-refractivity contribution in [2.75, 3.05) is 12.4 Å². The fourth-order valence-corrected chi connectivity index (χ4v) is 10.7. The standard InChI is InChI=1S/C35H40FN3O5S/c1-33-18-21-20-38-39(24-9-7-23(36)8-10-24)27(21)17-22(33)6-11-25-26-12-13-35(32(42)45-16-14-37,34(26,2)19-28(40)30(25)33)44-31(41)29-5-3-4-15-43-29/h7-10,17,20,25-26,28-30,40H,3-6,11-13,15-16,18-19H2,1-2H3/t25?,26-,28?,29?,30+,33?,34?,35-/m0/s1. The van der Waals surface area contributed by atoms with Crippen molar-refractivity contribution in [3.8, 4) is 11.8 Å². The van der Waals surface area contributed by atoms with Crippen LogP contribution < -0.4 is 0 Å². The van der Waals surface area contributed by atoms with Gasteiger partial charge in [0.1, 0.15) is 5.82 Å². The number of nitrogens with zero attached hydrogens (tertiary/aromatic N) is 3. The molecule has 8 atom stereocenters. The molecule has 1 saturated heterocycles. The Balaban J connectivity index is 1.21. The van der Waals surface area contributed by atoms with E-state index in [1.165, 1.54) is 17.7 Å². The van der Waals surface area contributed by atoms with Gasteiger partial charge >= 0.3 is 5.97 Å². The fourth-order valence-electron chi connectivity index (χ4n) is 9.88. The molecule has 238 valence electrons. The molecule has 10 heteroatoms. The first-order valence-corrected chi connectivity index (χ1v) is 17.2. The van der Waals surface area contributed by atoms with E-state index < -0.39 is 29.2 Å². The van der Waals surface area contributed by atoms with E-state index in [1.807, 2.05) is 17.8 Å². The molecule has 7 rings (SSSR count). The highest BCUT2D eigenvalue weighted by Crippen LogP contribution is 2.69. The number of hydrogen-bond donors (Lipinski definition) is 1. The average Bonchev–Trinajstić information content (AvgIpc) is 3.56. The minimum atomic E-state index is -1.42. The van der Waals surface area contributed by atoms with Crippen molar-refractivity contribution >= 4 is 28.9 Å². The Morgan fingerprint density at radius 2 is 2.02 bits per heavy atom. The Labute approximate surface area is 267 Å². The topological polar surface area (TPSA) is 114 Å². The van der Waals surface area contributed by atoms with E-state index in [0.29, 0.717) is 32.3 Å². The van der Waals surface area contributed by atoms with Gasteiger partial charge in [-0.25, -0.2) is 13.9 Å². The van der Waals surface area contributed by atoms with Gasteiger partial charge < -0.3 is 14.6 Å². The molecule has 4 aliphatic carbocycles. The molecule has 3 saturated carbocycles. The van der Waals surface area contributed by atoms with Crippen molar-refractivity contribution in [1.82, 2.24) is 9.78 Å². The summed E-state index contributed by atoms with van der Waals surface area (Å²) in [5.74, 6) is -0.645. The molecule has 1 aliphatic heterocycles. The molecule has 1 aromatic heterocycles. The molecule has 2 aromatic rings. The molecule has 0 radical (unpaired) electrons. The van der Waals surface area contributed by atoms with Crippen LogP contribution in [0.5, 0.6) is 0 Å². The van der Waals surface area contributed by atoms with Gasteiger partial charge in [-0.15, -0.1) is 0 Å². The first-order valence-electron chi connectivity index (χ1n) is 16.2. The Bertz CT molecular complexity index is 1580. The molecule has 5 aliphatic rings. The molecular weight excluding hydrogens is 593 g/mol. The van der Waals surface area contributed by atoms with Crippen LogP contribution in [0.1, 0.15) is 76.5 Å². The van der Waals surface area contributed by atoms with E-state index in [0.717, 1.165) is 60.8 Å². The van der Waals surface area contributed by atoms with Gasteiger partial charge in [-0.2, -0.15) is 10.4 Å². The Hall–Kier alpha value is -3.00. The third kappa shape index (κ3) is 4.72. The van der Waals surface area contributed by atoms with Gasteiger partial charge in [0.25, 0.3) is 0 Å². The minimum Gasteiger partial charge on any atom is -0.448 e. The predicted molar refractivity (Wildman–Crippen MR) is 166 cm³/mol. The number of allylic oxidation sites excluding steroid dienone is 1. The number of esters is 1. The molecule has 1 N–H and O–H groups in total. The monoisotopic (exact) mass is 633 g/mol. The van der Waals surface area contributed by atoms with Gasteiger partial charge in [0, 0.05) is 12.0 Å². The summed E-state index contributed by atoms with van der Waals surface area (Å²) in [5, 5.41) is 25.8. The Morgan fingerprint density at radius 1 is 1.22 bits per heavy atom. The number of fused-ring (bicyclic) bond motifs is 6. The van der Waals surface area contributed by atoms with Crippen LogP contribution in [0, 0.1) is 45.7 Å². The van der Waals surface area contributed by atoms with Crippen LogP contribution in [0.3, 0.4) is 0 Å². The zero-order valence-corrected chi connectivity index (χ0v) is 26.7. The van der Waals surface area contributed by atoms with Crippen LogP contribution in [-0.4, -0.2) is 56.1 Å². The average molecular weight is 634 g/mol. The second-order valence-corrected chi connectivity index (χ2v) is 15.1. The van der Waals surface area contributed by atoms with Crippen LogP contribution in [0.2, 0.25) is 0 Å². The number of carbonyl (C=O) groups is 2. The summed E-state index contributed by atoms with van der Waals surface area (Å²) >= 11 is 0.918. The zero-order chi connectivity index (χ0) is 31.6. The van der Waals surface area contributed by atoms with Gasteiger partial charge in [-0.3, -0.25) is 4.79 Å². The SMILES string of the molecule is CC12Cc3cnn(-c4ccc(F)cc4)c3C=C1CCC1[C@@H]2C(O)CC2(C)[C@H]1CC[C@]2(OC(=O)C1CCCCO1)C(=O)SCC#N. The first-order chi connectivity index (χ1) is 21.6. The van der Waals surface area contributed by atoms with E-state index in [4.69, 9.17) is 9.47 Å². The largest absolute Gasteiger partial charge is 0.448 e. The molecule has 45 heavy (non-hydrogen) atoms. The molecule has 1 aromatic carbocycles. The molecule has 5 unspecified atom stereocenters. The summed E-state index contributed by atoms with van der Waals surface area (Å²) in [7, 11) is 0. The van der Waals surface area contributed by atoms with E-state index in [-0.39, 0.29) is 39.9 Å². The lowest BCUT2D eigenvalue weighted by Gasteiger charge is -2.60. The van der Waals surface area contributed by atoms with Crippen LogP contribution in [-0.2, 0) is 25.5 Å². The smallest absolute Gasteiger partial charge is 0.336 e. The highest BCUT2D eigenvalue weighted by Gasteiger charge is 2.71. The van der Waals surface area contributed by atoms with Crippen molar-refractivity contribution in [2.45, 2.75) is 89.4 Å². The van der Waals surface area contributed by atoms with Crippen molar-refractivity contribution in [3.05, 3.63) is 53.1 Å². The van der Waals surface area contributed by atoms with Gasteiger partial charge in [-0.1, -0.05) is 31.2 Å². The number of nitriles is 1. The number of aromatic nitrogens is 2. The van der Waals surface area contributed by atoms with Gasteiger partial charge in [0.15, 0.2) is 11.7 Å². The van der Waals surface area contributed by atoms with Crippen molar-refractivity contribution in [2.24, 2.45) is 28.6 Å². The fraction of sp³-hybridized carbons (Fsp3) is 0.600. The van der Waals surface area contributed by atoms with Crippen molar-refractivity contribution in [3.63, 3.8) is 0 Å². The molecular formula is C35H40FN3O5S. The Morgan fingerprint density at radius 3 is 2.76 bits per heavy atom. The van der Waals surface area contributed by atoms with Gasteiger partial charge in [-0.05, 0) is 117 Å². The maximum absolute atomic E-state index is 14.0. The number of aliphatic hydroxyl groups excluding tert-OH is 1. The second-order valence-electron chi connectivity index (χ2n) is 14.1. The second kappa shape index (κ2) is 11.4. The third-order valence-corrected chi connectivity index (χ3v) is 12.8. The summed E-state index contributed by atoms with van der Waals surface area (Å²) < 4.78 is 27.6. The number of thioether (sulfide) groups is 1. The normalized spacial score (nSPS) is 36.9. The Kier molecular flexibility index (Phi) is 7.73. The van der Waals surface area contributed by atoms with Crippen LogP contribution in [0.4, 0.5) is 4.39 Å². The summed E-state index contributed by atoms with van der Waals surface area (Å²) in [6.45, 7) is 4.78. The first kappa shape index (κ1) is 30.6. The highest BCUT2D eigenvalue weighted by atomic mass is 32.2. The van der Waals surface area contributed by atoms with Gasteiger partial charge in [0.05, 0.1) is 35.5 Å². The lowest BCUT2D eigenvalue weighted by Crippen LogP contribution is -2.63. The number of halogens is 1. The molecule has 8 nitrogen and oxygen atoms in total. The number of benzene rings is 1. The lowest BCUT2D eigenvalue weighted by atomic mass is 9.45. The zero-order valence-electron chi connectivity index (χ0n) is 25.8. The predicted octanol–water partition coefficient (Wildman–Crippen LogP) is 5.80. The summed E-state index contributed by atoms with van der Waals surface area (Å²) in [6.07, 6.45) is 8.90. The van der Waals surface area contributed by atoms with E-state index in [9.17, 15) is 24.3 Å². The summed E-state index contributed by atoms with van der Waals surface area (Å²) in [4.78, 5) is 27.5. The lowest BCUT2D eigenvalue weighted by molar-refractivity contribution is -0.205. The van der Waals surface area contributed by atoms with Crippen LogP contribution >= 0.6 is 11.8 Å². The van der Waals surface area contributed by atoms with Crippen molar-refractivity contribution < 1.29 is 28.6 Å². The van der Waals surface area contributed by atoms with Crippen LogP contribution in [0.25, 0.3) is 11.8 Å². The molecule has 0 spiro atoms. The summed E-state index contributed by atoms with van der Waals surface area (Å²) in [6, 6.07) is 8.39. The number of rotatable bonds is 5.